The fourth-order valence-electron chi connectivity index (χ4n) is 1.19. The largest absolute Gasteiger partial charge is 1.00 e. The first-order chi connectivity index (χ1) is 6.16. The third-order valence-electron chi connectivity index (χ3n) is 1.85. The molecule has 0 amide bonds. The molecule has 1 unspecified atom stereocenters. The van der Waals surface area contributed by atoms with Gasteiger partial charge in [-0.1, -0.05) is 18.2 Å². The average Bonchev–Trinajstić information content (AvgIpc) is 2.08. The van der Waals surface area contributed by atoms with Crippen LogP contribution in [-0.2, 0) is 9.59 Å². The second kappa shape index (κ2) is 5.96. The Morgan fingerprint density at radius 1 is 1.64 bits per heavy atom. The zero-order valence-corrected chi connectivity index (χ0v) is 10.0. The number of hydrogen-bond acceptors (Lipinski definition) is 3. The van der Waals surface area contributed by atoms with E-state index in [-0.39, 0.29) is 35.1 Å². The Bertz CT molecular complexity index is 315. The van der Waals surface area contributed by atoms with Crippen LogP contribution in [0.4, 0.5) is 0 Å². The van der Waals surface area contributed by atoms with Crippen molar-refractivity contribution in [2.45, 2.75) is 6.42 Å². The molecule has 0 spiro atoms. The summed E-state index contributed by atoms with van der Waals surface area (Å²) in [5, 5.41) is 10.5. The molecule has 1 rings (SSSR count). The molecule has 1 atom stereocenters. The minimum Gasteiger partial charge on any atom is -0.545 e. The van der Waals surface area contributed by atoms with Crippen LogP contribution < -0.4 is 34.7 Å². The van der Waals surface area contributed by atoms with Crippen molar-refractivity contribution in [3.63, 3.8) is 0 Å². The first kappa shape index (κ1) is 13.4. The Hall–Kier alpha value is -0.640. The molecule has 0 saturated heterocycles. The molecule has 4 heteroatoms. The second-order valence-electron chi connectivity index (χ2n) is 2.75. The molecule has 0 aliphatic heterocycles. The number of allylic oxidation sites excluding steroid dienone is 4. The third kappa shape index (κ3) is 2.94. The first-order valence-electron chi connectivity index (χ1n) is 3.91. The van der Waals surface area contributed by atoms with Crippen LogP contribution >= 0.6 is 0 Å². The van der Waals surface area contributed by atoms with Gasteiger partial charge in [0.1, 0.15) is 0 Å². The zero-order valence-electron chi connectivity index (χ0n) is 8.03. The molecule has 1 aliphatic carbocycles. The first-order valence-corrected chi connectivity index (χ1v) is 3.91. The Labute approximate surface area is 104 Å². The number of carboxylic acid groups (broad SMARTS) is 1. The molecule has 0 fully saturated rings. The van der Waals surface area contributed by atoms with Crippen molar-refractivity contribution >= 4 is 11.8 Å². The van der Waals surface area contributed by atoms with Crippen molar-refractivity contribution in [3.8, 4) is 0 Å². The van der Waals surface area contributed by atoms with Crippen LogP contribution in [0.2, 0.25) is 0 Å². The van der Waals surface area contributed by atoms with E-state index in [1.54, 1.807) is 18.2 Å². The number of ketones is 1. The van der Waals surface area contributed by atoms with E-state index in [4.69, 9.17) is 0 Å². The number of rotatable bonds is 3. The normalized spacial score (nSPS) is 19.6. The van der Waals surface area contributed by atoms with E-state index in [1.807, 2.05) is 0 Å². The summed E-state index contributed by atoms with van der Waals surface area (Å²) in [7, 11) is 0. The van der Waals surface area contributed by atoms with Crippen LogP contribution in [0.15, 0.2) is 36.5 Å². The van der Waals surface area contributed by atoms with Crippen LogP contribution in [0.3, 0.4) is 0 Å². The molecule has 0 aromatic rings. The topological polar surface area (TPSA) is 57.2 Å². The van der Waals surface area contributed by atoms with Crippen LogP contribution in [0, 0.1) is 5.92 Å². The molecule has 0 heterocycles. The maximum Gasteiger partial charge on any atom is 1.00 e. The molecule has 0 radical (unpaired) electrons. The predicted molar refractivity (Wildman–Crippen MR) is 45.5 cm³/mol. The zero-order chi connectivity index (χ0) is 9.84. The number of Topliss-reactive ketones (excluding diaryl/α,β-unsaturated/α-hetero) is 1. The summed E-state index contributed by atoms with van der Waals surface area (Å²) in [4.78, 5) is 21.8. The summed E-state index contributed by atoms with van der Waals surface area (Å²) in [6.45, 7) is 3.49. The molecule has 14 heavy (non-hydrogen) atoms. The summed E-state index contributed by atoms with van der Waals surface area (Å²) < 4.78 is 0. The van der Waals surface area contributed by atoms with Gasteiger partial charge in [0.2, 0.25) is 0 Å². The Morgan fingerprint density at radius 3 is 2.79 bits per heavy atom. The molecule has 68 valence electrons. The van der Waals surface area contributed by atoms with E-state index in [9.17, 15) is 14.7 Å². The number of carbonyl (C=O) groups is 2. The van der Waals surface area contributed by atoms with Gasteiger partial charge in [-0.2, -0.15) is 0 Å². The van der Waals surface area contributed by atoms with Gasteiger partial charge in [0.15, 0.2) is 5.78 Å². The van der Waals surface area contributed by atoms with Gasteiger partial charge < -0.3 is 9.90 Å². The summed E-state index contributed by atoms with van der Waals surface area (Å²) in [6.07, 6.45) is 6.53. The molecular weight excluding hydrogens is 191 g/mol. The molecule has 0 N–H and O–H groups in total. The van der Waals surface area contributed by atoms with E-state index in [0.29, 0.717) is 6.42 Å². The summed E-state index contributed by atoms with van der Waals surface area (Å²) >= 11 is 0. The van der Waals surface area contributed by atoms with Crippen molar-refractivity contribution in [2.75, 3.05) is 0 Å². The maximum absolute atomic E-state index is 11.4. The summed E-state index contributed by atoms with van der Waals surface area (Å²) in [5.41, 5.74) is -0.255. The minimum atomic E-state index is -1.41. The van der Waals surface area contributed by atoms with Crippen molar-refractivity contribution in [1.82, 2.24) is 0 Å². The van der Waals surface area contributed by atoms with Crippen molar-refractivity contribution in [3.05, 3.63) is 36.5 Å². The van der Waals surface area contributed by atoms with Gasteiger partial charge in [-0.15, -0.1) is 6.58 Å². The standard InChI is InChI=1S/C10H10O3.Na/c1-2-4-7-5-3-6-8(9(7)11)10(12)13;/h2-3,5-7H,1,4H2,(H,12,13);/q;+1/p-1. The van der Waals surface area contributed by atoms with E-state index < -0.39 is 17.7 Å². The van der Waals surface area contributed by atoms with E-state index >= 15 is 0 Å². The van der Waals surface area contributed by atoms with Gasteiger partial charge in [-0.3, -0.25) is 4.79 Å². The van der Waals surface area contributed by atoms with Crippen LogP contribution in [0.1, 0.15) is 6.42 Å². The molecule has 0 aromatic carbocycles. The Morgan fingerprint density at radius 2 is 2.29 bits per heavy atom. The van der Waals surface area contributed by atoms with Gasteiger partial charge in [0, 0.05) is 11.5 Å². The third-order valence-corrected chi connectivity index (χ3v) is 1.85. The number of hydrogen-bond donors (Lipinski definition) is 0. The Balaban J connectivity index is 0.00000169. The van der Waals surface area contributed by atoms with Crippen molar-refractivity contribution < 1.29 is 44.3 Å². The molecule has 3 nitrogen and oxygen atoms in total. The van der Waals surface area contributed by atoms with E-state index in [2.05, 4.69) is 6.58 Å². The molecule has 1 aliphatic rings. The smallest absolute Gasteiger partial charge is 0.545 e. The van der Waals surface area contributed by atoms with Crippen LogP contribution in [-0.4, -0.2) is 11.8 Å². The quantitative estimate of drug-likeness (QED) is 0.277. The summed E-state index contributed by atoms with van der Waals surface area (Å²) in [5.74, 6) is -2.21. The molecular formula is C10H9NaO3. The van der Waals surface area contributed by atoms with Crippen LogP contribution in [0.5, 0.6) is 0 Å². The predicted octanol–water partition coefficient (Wildman–Crippen LogP) is -3.00. The SMILES string of the molecule is C=CCC1C=CC=C(C(=O)[O-])C1=O.[Na+]. The molecule has 0 bridgehead atoms. The van der Waals surface area contributed by atoms with Gasteiger partial charge in [0.05, 0.1) is 5.97 Å². The minimum absolute atomic E-state index is 0. The van der Waals surface area contributed by atoms with Crippen LogP contribution in [0.25, 0.3) is 0 Å². The number of carboxylic acids is 1. The second-order valence-corrected chi connectivity index (χ2v) is 2.75. The van der Waals surface area contributed by atoms with Crippen molar-refractivity contribution in [2.24, 2.45) is 5.92 Å². The molecule has 0 saturated carbocycles. The monoisotopic (exact) mass is 200 g/mol. The molecule has 0 aromatic heterocycles. The number of aliphatic carboxylic acids is 1. The maximum atomic E-state index is 11.4. The van der Waals surface area contributed by atoms with E-state index in [0.717, 1.165) is 0 Å². The fraction of sp³-hybridized carbons (Fsp3) is 0.200. The van der Waals surface area contributed by atoms with Gasteiger partial charge in [-0.25, -0.2) is 0 Å². The summed E-state index contributed by atoms with van der Waals surface area (Å²) in [6, 6.07) is 0. The Kier molecular flexibility index (Phi) is 5.69. The van der Waals surface area contributed by atoms with E-state index in [1.165, 1.54) is 6.08 Å². The van der Waals surface area contributed by atoms with Gasteiger partial charge in [0.25, 0.3) is 0 Å². The van der Waals surface area contributed by atoms with Gasteiger partial charge in [-0.05, 0) is 12.5 Å². The number of carbonyl (C=O) groups excluding carboxylic acids is 2. The average molecular weight is 200 g/mol. The van der Waals surface area contributed by atoms with Gasteiger partial charge >= 0.3 is 29.6 Å². The fourth-order valence-corrected chi connectivity index (χ4v) is 1.19. The van der Waals surface area contributed by atoms with Crippen molar-refractivity contribution in [1.29, 1.82) is 0 Å².